The number of amides is 1. The predicted molar refractivity (Wildman–Crippen MR) is 78.9 cm³/mol. The van der Waals surface area contributed by atoms with Crippen molar-refractivity contribution in [1.29, 1.82) is 0 Å². The van der Waals surface area contributed by atoms with Gasteiger partial charge in [0.1, 0.15) is 6.61 Å². The van der Waals surface area contributed by atoms with Crippen molar-refractivity contribution in [1.82, 2.24) is 14.9 Å². The number of nitrogens with zero attached hydrogens (tertiary/aromatic N) is 4. The molecule has 2 aliphatic rings. The molecule has 2 aliphatic heterocycles. The van der Waals surface area contributed by atoms with Gasteiger partial charge in [-0.3, -0.25) is 4.79 Å². The molecule has 3 heterocycles. The summed E-state index contributed by atoms with van der Waals surface area (Å²) in [5, 5.41) is 0. The van der Waals surface area contributed by atoms with Crippen LogP contribution >= 0.6 is 0 Å². The molecule has 1 aromatic heterocycles. The van der Waals surface area contributed by atoms with Gasteiger partial charge < -0.3 is 14.5 Å². The summed E-state index contributed by atoms with van der Waals surface area (Å²) < 4.78 is 5.23. The number of fused-ring (bicyclic) bond motifs is 1. The molecule has 0 aromatic carbocycles. The Morgan fingerprint density at radius 1 is 1.29 bits per heavy atom. The van der Waals surface area contributed by atoms with Crippen LogP contribution in [0, 0.1) is 11.8 Å². The molecule has 0 bridgehead atoms. The highest BCUT2D eigenvalue weighted by Gasteiger charge is 2.39. The number of ether oxygens (including phenoxy) is 1. The van der Waals surface area contributed by atoms with Crippen LogP contribution in [0.1, 0.15) is 13.3 Å². The SMILES string of the molecule is CCOCC(=O)N1C[C@@H]2CN(c3ncccn3)CC[C@H]2C1. The maximum Gasteiger partial charge on any atom is 0.248 e. The van der Waals surface area contributed by atoms with Crippen LogP contribution in [0.2, 0.25) is 0 Å². The predicted octanol–water partition coefficient (Wildman–Crippen LogP) is 0.798. The molecule has 2 atom stereocenters. The summed E-state index contributed by atoms with van der Waals surface area (Å²) in [5.41, 5.74) is 0. The van der Waals surface area contributed by atoms with Crippen LogP contribution in [0.3, 0.4) is 0 Å². The van der Waals surface area contributed by atoms with Crippen LogP contribution in [0.5, 0.6) is 0 Å². The minimum absolute atomic E-state index is 0.119. The maximum atomic E-state index is 12.1. The smallest absolute Gasteiger partial charge is 0.248 e. The Morgan fingerprint density at radius 2 is 2.05 bits per heavy atom. The monoisotopic (exact) mass is 290 g/mol. The molecule has 3 rings (SSSR count). The van der Waals surface area contributed by atoms with Gasteiger partial charge in [0, 0.05) is 45.2 Å². The lowest BCUT2D eigenvalue weighted by Gasteiger charge is -2.34. The van der Waals surface area contributed by atoms with Gasteiger partial charge >= 0.3 is 0 Å². The van der Waals surface area contributed by atoms with Gasteiger partial charge in [-0.15, -0.1) is 0 Å². The van der Waals surface area contributed by atoms with E-state index in [-0.39, 0.29) is 12.5 Å². The van der Waals surface area contributed by atoms with Crippen LogP contribution < -0.4 is 4.90 Å². The standard InChI is InChI=1S/C15H22N4O2/c1-2-21-11-14(20)19-8-12-4-7-18(9-13(12)10-19)15-16-5-3-6-17-15/h3,5-6,12-13H,2,4,7-11H2,1H3/t12-,13-/m0/s1. The average Bonchev–Trinajstić information content (AvgIpc) is 2.96. The minimum atomic E-state index is 0.119. The number of carbonyl (C=O) groups is 1. The molecule has 2 fully saturated rings. The van der Waals surface area contributed by atoms with E-state index in [0.717, 1.165) is 38.5 Å². The summed E-state index contributed by atoms with van der Waals surface area (Å²) in [6.45, 7) is 6.33. The van der Waals surface area contributed by atoms with Crippen LogP contribution in [-0.2, 0) is 9.53 Å². The highest BCUT2D eigenvalue weighted by atomic mass is 16.5. The van der Waals surface area contributed by atoms with Crippen LogP contribution in [-0.4, -0.2) is 60.2 Å². The molecule has 1 aromatic rings. The second kappa shape index (κ2) is 6.39. The van der Waals surface area contributed by atoms with Crippen molar-refractivity contribution in [2.45, 2.75) is 13.3 Å². The van der Waals surface area contributed by atoms with E-state index >= 15 is 0 Å². The first-order chi connectivity index (χ1) is 10.3. The van der Waals surface area contributed by atoms with E-state index in [2.05, 4.69) is 14.9 Å². The third-order valence-electron chi connectivity index (χ3n) is 4.42. The zero-order valence-electron chi connectivity index (χ0n) is 12.4. The lowest BCUT2D eigenvalue weighted by Crippen LogP contribution is -2.40. The van der Waals surface area contributed by atoms with E-state index in [1.807, 2.05) is 17.9 Å². The summed E-state index contributed by atoms with van der Waals surface area (Å²) in [4.78, 5) is 24.9. The molecule has 2 saturated heterocycles. The molecular formula is C15H22N4O2. The summed E-state index contributed by atoms with van der Waals surface area (Å²) in [6, 6.07) is 1.83. The van der Waals surface area contributed by atoms with E-state index in [4.69, 9.17) is 4.74 Å². The second-order valence-electron chi connectivity index (χ2n) is 5.74. The molecule has 6 heteroatoms. The molecule has 0 radical (unpaired) electrons. The topological polar surface area (TPSA) is 58.6 Å². The fraction of sp³-hybridized carbons (Fsp3) is 0.667. The zero-order chi connectivity index (χ0) is 14.7. The zero-order valence-corrected chi connectivity index (χ0v) is 12.4. The van der Waals surface area contributed by atoms with Crippen molar-refractivity contribution in [3.05, 3.63) is 18.5 Å². The minimum Gasteiger partial charge on any atom is -0.372 e. The first-order valence-electron chi connectivity index (χ1n) is 7.65. The molecule has 6 nitrogen and oxygen atoms in total. The Hall–Kier alpha value is -1.69. The van der Waals surface area contributed by atoms with Gasteiger partial charge in [-0.1, -0.05) is 0 Å². The Kier molecular flexibility index (Phi) is 4.34. The van der Waals surface area contributed by atoms with Gasteiger partial charge in [-0.05, 0) is 31.2 Å². The number of likely N-dealkylation sites (tertiary alicyclic amines) is 1. The molecule has 0 aliphatic carbocycles. The quantitative estimate of drug-likeness (QED) is 0.821. The highest BCUT2D eigenvalue weighted by molar-refractivity contribution is 5.77. The number of piperidine rings is 1. The van der Waals surface area contributed by atoms with E-state index in [1.165, 1.54) is 0 Å². The summed E-state index contributed by atoms with van der Waals surface area (Å²) in [5.74, 6) is 2.05. The molecule has 21 heavy (non-hydrogen) atoms. The van der Waals surface area contributed by atoms with Crippen LogP contribution in [0.15, 0.2) is 18.5 Å². The maximum absolute atomic E-state index is 12.1. The van der Waals surface area contributed by atoms with Crippen LogP contribution in [0.4, 0.5) is 5.95 Å². The van der Waals surface area contributed by atoms with Gasteiger partial charge in [0.25, 0.3) is 0 Å². The lowest BCUT2D eigenvalue weighted by molar-refractivity contribution is -0.135. The fourth-order valence-corrected chi connectivity index (χ4v) is 3.29. The molecule has 1 amide bonds. The second-order valence-corrected chi connectivity index (χ2v) is 5.74. The number of anilines is 1. The van der Waals surface area contributed by atoms with E-state index in [9.17, 15) is 4.79 Å². The van der Waals surface area contributed by atoms with Gasteiger partial charge in [0.15, 0.2) is 0 Å². The summed E-state index contributed by atoms with van der Waals surface area (Å²) >= 11 is 0. The molecule has 0 unspecified atom stereocenters. The Morgan fingerprint density at radius 3 is 2.81 bits per heavy atom. The largest absolute Gasteiger partial charge is 0.372 e. The van der Waals surface area contributed by atoms with E-state index < -0.39 is 0 Å². The Bertz CT molecular complexity index is 482. The van der Waals surface area contributed by atoms with Crippen molar-refractivity contribution < 1.29 is 9.53 Å². The fourth-order valence-electron chi connectivity index (χ4n) is 3.29. The molecule has 0 saturated carbocycles. The third-order valence-corrected chi connectivity index (χ3v) is 4.42. The third kappa shape index (κ3) is 3.15. The highest BCUT2D eigenvalue weighted by Crippen LogP contribution is 2.32. The van der Waals surface area contributed by atoms with Gasteiger partial charge in [-0.25, -0.2) is 9.97 Å². The number of hydrogen-bond donors (Lipinski definition) is 0. The van der Waals surface area contributed by atoms with Crippen molar-refractivity contribution in [2.24, 2.45) is 11.8 Å². The number of hydrogen-bond acceptors (Lipinski definition) is 5. The summed E-state index contributed by atoms with van der Waals surface area (Å²) in [6.07, 6.45) is 4.66. The molecule has 0 N–H and O–H groups in total. The summed E-state index contributed by atoms with van der Waals surface area (Å²) in [7, 11) is 0. The van der Waals surface area contributed by atoms with Crippen molar-refractivity contribution in [3.63, 3.8) is 0 Å². The Labute approximate surface area is 125 Å². The Balaban J connectivity index is 1.59. The number of carbonyl (C=O) groups excluding carboxylic acids is 1. The number of aromatic nitrogens is 2. The van der Waals surface area contributed by atoms with Crippen molar-refractivity contribution >= 4 is 11.9 Å². The molecule has 0 spiro atoms. The van der Waals surface area contributed by atoms with Crippen LogP contribution in [0.25, 0.3) is 0 Å². The normalized spacial score (nSPS) is 25.0. The van der Waals surface area contributed by atoms with E-state index in [0.29, 0.717) is 18.4 Å². The average molecular weight is 290 g/mol. The lowest BCUT2D eigenvalue weighted by atomic mass is 9.89. The van der Waals surface area contributed by atoms with Crippen molar-refractivity contribution in [2.75, 3.05) is 44.3 Å². The van der Waals surface area contributed by atoms with E-state index in [1.54, 1.807) is 12.4 Å². The van der Waals surface area contributed by atoms with Gasteiger partial charge in [0.2, 0.25) is 11.9 Å². The van der Waals surface area contributed by atoms with Crippen molar-refractivity contribution in [3.8, 4) is 0 Å². The van der Waals surface area contributed by atoms with Gasteiger partial charge in [0.05, 0.1) is 0 Å². The molecular weight excluding hydrogens is 268 g/mol. The number of rotatable bonds is 4. The first kappa shape index (κ1) is 14.3. The first-order valence-corrected chi connectivity index (χ1v) is 7.65. The van der Waals surface area contributed by atoms with Gasteiger partial charge in [-0.2, -0.15) is 0 Å². The molecule has 114 valence electrons.